The molecule has 0 aromatic heterocycles. The van der Waals surface area contributed by atoms with Crippen LogP contribution in [0.5, 0.6) is 0 Å². The van der Waals surface area contributed by atoms with E-state index in [9.17, 15) is 0 Å². The molecular formula is C15H28. The lowest BCUT2D eigenvalue weighted by Crippen LogP contribution is -1.90. The molecule has 0 N–H and O–H groups in total. The van der Waals surface area contributed by atoms with E-state index in [4.69, 9.17) is 0 Å². The van der Waals surface area contributed by atoms with Gasteiger partial charge in [-0.05, 0) is 45.4 Å². The Kier molecular flexibility index (Phi) is 8.46. The smallest absolute Gasteiger partial charge is 0.0111 e. The van der Waals surface area contributed by atoms with Crippen molar-refractivity contribution in [2.45, 2.75) is 66.7 Å². The van der Waals surface area contributed by atoms with Gasteiger partial charge in [0.25, 0.3) is 0 Å². The lowest BCUT2D eigenvalue weighted by molar-refractivity contribution is 0.552. The fourth-order valence-corrected chi connectivity index (χ4v) is 1.85. The summed E-state index contributed by atoms with van der Waals surface area (Å²) in [6.45, 7) is 11.2. The minimum absolute atomic E-state index is 0.843. The predicted octanol–water partition coefficient (Wildman–Crippen LogP) is 5.51. The molecule has 0 aromatic carbocycles. The molecular weight excluding hydrogens is 180 g/mol. The molecule has 0 nitrogen and oxygen atoms in total. The summed E-state index contributed by atoms with van der Waals surface area (Å²) in [4.78, 5) is 0. The molecule has 15 heavy (non-hydrogen) atoms. The zero-order valence-electron chi connectivity index (χ0n) is 11.3. The first-order chi connectivity index (χ1) is 7.10. The number of hydrogen-bond acceptors (Lipinski definition) is 0. The molecule has 0 atom stereocenters. The summed E-state index contributed by atoms with van der Waals surface area (Å²) < 4.78 is 0. The van der Waals surface area contributed by atoms with Gasteiger partial charge in [-0.2, -0.15) is 0 Å². The average Bonchev–Trinajstić information content (AvgIpc) is 2.16. The second-order valence-corrected chi connectivity index (χ2v) is 4.87. The highest BCUT2D eigenvalue weighted by Crippen LogP contribution is 2.18. The van der Waals surface area contributed by atoms with Crippen molar-refractivity contribution in [2.75, 3.05) is 0 Å². The molecule has 88 valence electrons. The topological polar surface area (TPSA) is 0 Å². The summed E-state index contributed by atoms with van der Waals surface area (Å²) in [5.74, 6) is 0.843. The van der Waals surface area contributed by atoms with E-state index in [1.807, 2.05) is 0 Å². The number of rotatable bonds is 7. The van der Waals surface area contributed by atoms with Crippen LogP contribution in [0.3, 0.4) is 0 Å². The molecule has 0 rings (SSSR count). The first-order valence-electron chi connectivity index (χ1n) is 6.39. The highest BCUT2D eigenvalue weighted by molar-refractivity contribution is 5.13. The van der Waals surface area contributed by atoms with Crippen molar-refractivity contribution in [3.05, 3.63) is 23.3 Å². The van der Waals surface area contributed by atoms with Gasteiger partial charge in [0.2, 0.25) is 0 Å². The lowest BCUT2D eigenvalue weighted by atomic mass is 9.98. The first-order valence-corrected chi connectivity index (χ1v) is 6.39. The molecule has 0 radical (unpaired) electrons. The zero-order chi connectivity index (χ0) is 11.7. The van der Waals surface area contributed by atoms with Crippen molar-refractivity contribution < 1.29 is 0 Å². The fraction of sp³-hybridized carbons (Fsp3) is 0.733. The Morgan fingerprint density at radius 1 is 1.27 bits per heavy atom. The van der Waals surface area contributed by atoms with Crippen LogP contribution in [0, 0.1) is 5.92 Å². The zero-order valence-corrected chi connectivity index (χ0v) is 11.3. The molecule has 0 spiro atoms. The van der Waals surface area contributed by atoms with Crippen LogP contribution in [0.2, 0.25) is 0 Å². The highest BCUT2D eigenvalue weighted by atomic mass is 14.1. The van der Waals surface area contributed by atoms with Gasteiger partial charge < -0.3 is 0 Å². The summed E-state index contributed by atoms with van der Waals surface area (Å²) in [6.07, 6.45) is 11.0. The molecule has 0 aliphatic rings. The quantitative estimate of drug-likeness (QED) is 0.484. The maximum Gasteiger partial charge on any atom is -0.0111 e. The van der Waals surface area contributed by atoms with Crippen LogP contribution in [-0.4, -0.2) is 0 Å². The van der Waals surface area contributed by atoms with Gasteiger partial charge in [-0.1, -0.05) is 50.5 Å². The van der Waals surface area contributed by atoms with Crippen LogP contribution in [0.4, 0.5) is 0 Å². The van der Waals surface area contributed by atoms with Gasteiger partial charge in [0.15, 0.2) is 0 Å². The van der Waals surface area contributed by atoms with E-state index in [0.717, 1.165) is 12.3 Å². The molecule has 0 fully saturated rings. The van der Waals surface area contributed by atoms with Crippen molar-refractivity contribution in [2.24, 2.45) is 5.92 Å². The average molecular weight is 208 g/mol. The maximum absolute atomic E-state index is 2.34. The maximum atomic E-state index is 2.34. The Morgan fingerprint density at radius 2 is 1.93 bits per heavy atom. The standard InChI is InChI=1S/C15H28/c1-6-9-14(5)12-15(7-2)11-8-10-13(3)4/h7,9,13H,6,8,10-12H2,1-5H3. The van der Waals surface area contributed by atoms with Crippen molar-refractivity contribution in [3.8, 4) is 0 Å². The van der Waals surface area contributed by atoms with Gasteiger partial charge in [-0.15, -0.1) is 0 Å². The Bertz CT molecular complexity index is 206. The Labute approximate surface area is 96.5 Å². The molecule has 0 saturated carbocycles. The van der Waals surface area contributed by atoms with E-state index in [2.05, 4.69) is 46.8 Å². The summed E-state index contributed by atoms with van der Waals surface area (Å²) in [7, 11) is 0. The minimum atomic E-state index is 0.843. The molecule has 0 bridgehead atoms. The van der Waals surface area contributed by atoms with E-state index >= 15 is 0 Å². The van der Waals surface area contributed by atoms with Gasteiger partial charge in [0, 0.05) is 0 Å². The Hall–Kier alpha value is -0.520. The van der Waals surface area contributed by atoms with Crippen molar-refractivity contribution in [1.29, 1.82) is 0 Å². The Morgan fingerprint density at radius 3 is 2.40 bits per heavy atom. The molecule has 0 aliphatic heterocycles. The van der Waals surface area contributed by atoms with E-state index in [-0.39, 0.29) is 0 Å². The summed E-state index contributed by atoms with van der Waals surface area (Å²) in [5.41, 5.74) is 3.13. The second kappa shape index (κ2) is 8.76. The monoisotopic (exact) mass is 208 g/mol. The molecule has 0 saturated heterocycles. The van der Waals surface area contributed by atoms with Crippen molar-refractivity contribution in [1.82, 2.24) is 0 Å². The van der Waals surface area contributed by atoms with Gasteiger partial charge in [-0.3, -0.25) is 0 Å². The van der Waals surface area contributed by atoms with E-state index < -0.39 is 0 Å². The summed E-state index contributed by atoms with van der Waals surface area (Å²) in [6, 6.07) is 0. The molecule has 0 heterocycles. The SMILES string of the molecule is CC=C(CCCC(C)C)CC(C)=CCC. The molecule has 0 unspecified atom stereocenters. The van der Waals surface area contributed by atoms with Crippen LogP contribution in [0.1, 0.15) is 66.7 Å². The summed E-state index contributed by atoms with van der Waals surface area (Å²) >= 11 is 0. The van der Waals surface area contributed by atoms with Gasteiger partial charge in [0.05, 0.1) is 0 Å². The fourth-order valence-electron chi connectivity index (χ4n) is 1.85. The van der Waals surface area contributed by atoms with E-state index in [1.54, 1.807) is 5.57 Å². The van der Waals surface area contributed by atoms with Crippen molar-refractivity contribution >= 4 is 0 Å². The van der Waals surface area contributed by atoms with Crippen LogP contribution in [0.15, 0.2) is 23.3 Å². The first kappa shape index (κ1) is 14.5. The third-order valence-corrected chi connectivity index (χ3v) is 2.75. The second-order valence-electron chi connectivity index (χ2n) is 4.87. The normalized spacial score (nSPS) is 13.7. The van der Waals surface area contributed by atoms with Crippen LogP contribution in [0.25, 0.3) is 0 Å². The lowest BCUT2D eigenvalue weighted by Gasteiger charge is -2.09. The highest BCUT2D eigenvalue weighted by Gasteiger charge is 2.00. The Balaban J connectivity index is 3.90. The summed E-state index contributed by atoms with van der Waals surface area (Å²) in [5, 5.41) is 0. The van der Waals surface area contributed by atoms with Crippen molar-refractivity contribution in [3.63, 3.8) is 0 Å². The largest absolute Gasteiger partial charge is 0.0881 e. The minimum Gasteiger partial charge on any atom is -0.0881 e. The van der Waals surface area contributed by atoms with E-state index in [0.29, 0.717) is 0 Å². The third-order valence-electron chi connectivity index (χ3n) is 2.75. The van der Waals surface area contributed by atoms with Gasteiger partial charge >= 0.3 is 0 Å². The van der Waals surface area contributed by atoms with Gasteiger partial charge in [-0.25, -0.2) is 0 Å². The predicted molar refractivity (Wildman–Crippen MR) is 71.1 cm³/mol. The van der Waals surface area contributed by atoms with Crippen LogP contribution < -0.4 is 0 Å². The molecule has 0 amide bonds. The third kappa shape index (κ3) is 8.47. The number of allylic oxidation sites excluding steroid dienone is 4. The van der Waals surface area contributed by atoms with Crippen LogP contribution >= 0.6 is 0 Å². The number of hydrogen-bond donors (Lipinski definition) is 0. The molecule has 0 aromatic rings. The molecule has 0 heteroatoms. The molecule has 0 aliphatic carbocycles. The van der Waals surface area contributed by atoms with E-state index in [1.165, 1.54) is 31.3 Å². The van der Waals surface area contributed by atoms with Crippen LogP contribution in [-0.2, 0) is 0 Å². The van der Waals surface area contributed by atoms with Gasteiger partial charge in [0.1, 0.15) is 0 Å².